The highest BCUT2D eigenvalue weighted by molar-refractivity contribution is 6.00. The molecule has 25 heavy (non-hydrogen) atoms. The van der Waals surface area contributed by atoms with Crippen LogP contribution < -0.4 is 10.1 Å². The summed E-state index contributed by atoms with van der Waals surface area (Å²) < 4.78 is 5.88. The minimum Gasteiger partial charge on any atom is -0.490 e. The molecule has 6 nitrogen and oxygen atoms in total. The number of nitrogens with zero attached hydrogens (tertiary/aromatic N) is 3. The van der Waals surface area contributed by atoms with Crippen molar-refractivity contribution in [1.29, 1.82) is 0 Å². The van der Waals surface area contributed by atoms with Crippen molar-refractivity contribution in [3.8, 4) is 17.0 Å². The van der Waals surface area contributed by atoms with Gasteiger partial charge in [-0.1, -0.05) is 18.2 Å². The Labute approximate surface area is 144 Å². The molecule has 0 aliphatic heterocycles. The van der Waals surface area contributed by atoms with Gasteiger partial charge in [0.15, 0.2) is 5.65 Å². The fraction of sp³-hybridized carbons (Fsp3) is 0.211. The van der Waals surface area contributed by atoms with Gasteiger partial charge in [-0.3, -0.25) is 5.10 Å². The largest absolute Gasteiger partial charge is 0.490 e. The van der Waals surface area contributed by atoms with E-state index in [1.165, 1.54) is 19.2 Å². The van der Waals surface area contributed by atoms with Gasteiger partial charge in [0, 0.05) is 12.6 Å². The Balaban J connectivity index is 1.61. The van der Waals surface area contributed by atoms with Crippen LogP contribution in [0.2, 0.25) is 0 Å². The number of hydrogen-bond acceptors (Lipinski definition) is 5. The molecule has 6 heteroatoms. The lowest BCUT2D eigenvalue weighted by Gasteiger charge is -2.08. The lowest BCUT2D eigenvalue weighted by molar-refractivity contribution is 0.303. The first-order chi connectivity index (χ1) is 12.3. The molecule has 2 aromatic carbocycles. The molecule has 1 aliphatic rings. The molecule has 2 N–H and O–H groups in total. The number of aromatic amines is 1. The summed E-state index contributed by atoms with van der Waals surface area (Å²) in [6.45, 7) is 0. The van der Waals surface area contributed by atoms with Crippen LogP contribution in [0, 0.1) is 0 Å². The zero-order chi connectivity index (χ0) is 16.8. The number of fused-ring (bicyclic) bond motifs is 2. The zero-order valence-corrected chi connectivity index (χ0v) is 13.8. The topological polar surface area (TPSA) is 75.7 Å². The van der Waals surface area contributed by atoms with E-state index in [9.17, 15) is 0 Å². The summed E-state index contributed by atoms with van der Waals surface area (Å²) in [4.78, 5) is 8.53. The van der Waals surface area contributed by atoms with Crippen LogP contribution in [0.4, 0.5) is 5.82 Å². The van der Waals surface area contributed by atoms with Crippen LogP contribution in [0.3, 0.4) is 0 Å². The molecular weight excluding hydrogens is 314 g/mol. The smallest absolute Gasteiger partial charge is 0.186 e. The van der Waals surface area contributed by atoms with E-state index < -0.39 is 0 Å². The second kappa shape index (κ2) is 5.44. The zero-order valence-electron chi connectivity index (χ0n) is 13.8. The summed E-state index contributed by atoms with van der Waals surface area (Å²) in [6.07, 6.45) is 4.26. The highest BCUT2D eigenvalue weighted by Crippen LogP contribution is 2.33. The van der Waals surface area contributed by atoms with Crippen molar-refractivity contribution >= 4 is 27.6 Å². The maximum atomic E-state index is 5.88. The molecule has 2 aromatic heterocycles. The first kappa shape index (κ1) is 14.2. The Hall–Kier alpha value is -3.15. The van der Waals surface area contributed by atoms with Gasteiger partial charge in [0.2, 0.25) is 0 Å². The fourth-order valence-corrected chi connectivity index (χ4v) is 3.09. The van der Waals surface area contributed by atoms with Crippen molar-refractivity contribution in [3.05, 3.63) is 42.7 Å². The molecule has 1 saturated carbocycles. The first-order valence-electron chi connectivity index (χ1n) is 8.39. The fourth-order valence-electron chi connectivity index (χ4n) is 3.09. The van der Waals surface area contributed by atoms with Gasteiger partial charge in [0.1, 0.15) is 17.9 Å². The molecular formula is C19H17N5O. The number of nitrogens with one attached hydrogen (secondary N) is 2. The lowest BCUT2D eigenvalue weighted by Crippen LogP contribution is -1.95. The first-order valence-corrected chi connectivity index (χ1v) is 8.39. The van der Waals surface area contributed by atoms with Gasteiger partial charge in [0.25, 0.3) is 0 Å². The van der Waals surface area contributed by atoms with Crippen LogP contribution in [0.15, 0.2) is 42.7 Å². The van der Waals surface area contributed by atoms with E-state index in [1.54, 1.807) is 0 Å². The Morgan fingerprint density at radius 3 is 2.76 bits per heavy atom. The minimum atomic E-state index is 0.410. The van der Waals surface area contributed by atoms with E-state index in [0.717, 1.165) is 39.0 Å². The van der Waals surface area contributed by atoms with Gasteiger partial charge >= 0.3 is 0 Å². The summed E-state index contributed by atoms with van der Waals surface area (Å²) in [5, 5.41) is 13.7. The van der Waals surface area contributed by atoms with Crippen LogP contribution in [0.1, 0.15) is 12.8 Å². The maximum Gasteiger partial charge on any atom is 0.186 e. The third-order valence-electron chi connectivity index (χ3n) is 4.52. The highest BCUT2D eigenvalue weighted by Gasteiger charge is 2.23. The summed E-state index contributed by atoms with van der Waals surface area (Å²) in [5.41, 5.74) is 2.62. The Morgan fingerprint density at radius 1 is 1.08 bits per heavy atom. The van der Waals surface area contributed by atoms with E-state index in [4.69, 9.17) is 4.74 Å². The van der Waals surface area contributed by atoms with Crippen molar-refractivity contribution < 1.29 is 4.74 Å². The molecule has 4 aromatic rings. The predicted octanol–water partition coefficient (Wildman–Crippen LogP) is 3.76. The minimum absolute atomic E-state index is 0.410. The number of anilines is 1. The molecule has 0 spiro atoms. The number of hydrogen-bond donors (Lipinski definition) is 2. The normalized spacial score (nSPS) is 14.1. The Morgan fingerprint density at radius 2 is 1.92 bits per heavy atom. The molecule has 1 aliphatic carbocycles. The number of aromatic nitrogens is 4. The monoisotopic (exact) mass is 331 g/mol. The molecule has 0 amide bonds. The van der Waals surface area contributed by atoms with Crippen molar-refractivity contribution in [1.82, 2.24) is 20.2 Å². The average molecular weight is 331 g/mol. The second-order valence-corrected chi connectivity index (χ2v) is 6.31. The van der Waals surface area contributed by atoms with Gasteiger partial charge in [-0.05, 0) is 41.8 Å². The van der Waals surface area contributed by atoms with Crippen molar-refractivity contribution in [2.75, 3.05) is 12.4 Å². The number of ether oxygens (including phenoxy) is 1. The Kier molecular flexibility index (Phi) is 3.09. The van der Waals surface area contributed by atoms with Gasteiger partial charge < -0.3 is 10.1 Å². The number of rotatable bonds is 4. The molecule has 0 saturated heterocycles. The third kappa shape index (κ3) is 2.46. The van der Waals surface area contributed by atoms with Crippen LogP contribution in [-0.4, -0.2) is 33.3 Å². The van der Waals surface area contributed by atoms with E-state index in [1.807, 2.05) is 13.1 Å². The van der Waals surface area contributed by atoms with Crippen LogP contribution in [-0.2, 0) is 0 Å². The van der Waals surface area contributed by atoms with Gasteiger partial charge in [-0.15, -0.1) is 0 Å². The van der Waals surface area contributed by atoms with E-state index in [-0.39, 0.29) is 0 Å². The van der Waals surface area contributed by atoms with Crippen molar-refractivity contribution in [2.24, 2.45) is 0 Å². The molecule has 0 atom stereocenters. The van der Waals surface area contributed by atoms with E-state index in [0.29, 0.717) is 11.8 Å². The van der Waals surface area contributed by atoms with Gasteiger partial charge in [0.05, 0.1) is 17.2 Å². The van der Waals surface area contributed by atoms with Crippen molar-refractivity contribution in [3.63, 3.8) is 0 Å². The molecule has 0 radical (unpaired) electrons. The predicted molar refractivity (Wildman–Crippen MR) is 97.8 cm³/mol. The van der Waals surface area contributed by atoms with Gasteiger partial charge in [-0.2, -0.15) is 5.10 Å². The summed E-state index contributed by atoms with van der Waals surface area (Å²) >= 11 is 0. The van der Waals surface area contributed by atoms with Crippen LogP contribution in [0.25, 0.3) is 33.1 Å². The summed E-state index contributed by atoms with van der Waals surface area (Å²) in [6, 6.07) is 12.6. The highest BCUT2D eigenvalue weighted by atomic mass is 16.5. The number of benzene rings is 2. The van der Waals surface area contributed by atoms with Gasteiger partial charge in [-0.25, -0.2) is 9.97 Å². The lowest BCUT2D eigenvalue weighted by atomic mass is 10.0. The summed E-state index contributed by atoms with van der Waals surface area (Å²) in [5.74, 6) is 1.71. The SMILES string of the molecule is CNc1ncnc2n[nH]c(-c3ccc4cc(OC5CC5)ccc4c3)c12. The second-order valence-electron chi connectivity index (χ2n) is 6.31. The van der Waals surface area contributed by atoms with E-state index >= 15 is 0 Å². The van der Waals surface area contributed by atoms with Crippen molar-refractivity contribution in [2.45, 2.75) is 18.9 Å². The Bertz CT molecular complexity index is 1080. The quantitative estimate of drug-likeness (QED) is 0.595. The van der Waals surface area contributed by atoms with Crippen LogP contribution >= 0.6 is 0 Å². The standard InChI is InChI=1S/C19H17N5O/c1-20-18-16-17(23-24-19(16)22-10-21-18)13-3-2-12-9-15(25-14-6-7-14)5-4-11(12)8-13/h2-5,8-10,14H,6-7H2,1H3,(H2,20,21,22,23,24). The van der Waals surface area contributed by atoms with E-state index in [2.05, 4.69) is 55.8 Å². The molecule has 5 rings (SSSR count). The molecule has 2 heterocycles. The molecule has 0 unspecified atom stereocenters. The third-order valence-corrected chi connectivity index (χ3v) is 4.52. The summed E-state index contributed by atoms with van der Waals surface area (Å²) in [7, 11) is 1.85. The molecule has 124 valence electrons. The molecule has 1 fully saturated rings. The maximum absolute atomic E-state index is 5.88. The van der Waals surface area contributed by atoms with Crippen LogP contribution in [0.5, 0.6) is 5.75 Å². The average Bonchev–Trinajstić information content (AvgIpc) is 3.36. The number of H-pyrrole nitrogens is 1. The molecule has 0 bridgehead atoms.